The molecule has 0 fully saturated rings. The minimum Gasteiger partial charge on any atom is -0.468 e. The van der Waals surface area contributed by atoms with Gasteiger partial charge in [0.25, 0.3) is 0 Å². The number of carbonyl (C=O) groups excluding carboxylic acids is 1. The van der Waals surface area contributed by atoms with Gasteiger partial charge in [0.15, 0.2) is 0 Å². The van der Waals surface area contributed by atoms with E-state index in [2.05, 4.69) is 4.74 Å². The van der Waals surface area contributed by atoms with Crippen molar-refractivity contribution in [3.63, 3.8) is 0 Å². The second-order valence-corrected chi connectivity index (χ2v) is 3.75. The van der Waals surface area contributed by atoms with Crippen molar-refractivity contribution >= 4 is 17.7 Å². The Morgan fingerprint density at radius 1 is 1.79 bits per heavy atom. The van der Waals surface area contributed by atoms with Crippen molar-refractivity contribution < 1.29 is 13.9 Å². The zero-order chi connectivity index (χ0) is 10.4. The maximum atomic E-state index is 10.9. The van der Waals surface area contributed by atoms with E-state index in [1.165, 1.54) is 7.11 Å². The van der Waals surface area contributed by atoms with E-state index >= 15 is 0 Å². The largest absolute Gasteiger partial charge is 0.468 e. The van der Waals surface area contributed by atoms with Gasteiger partial charge in [-0.3, -0.25) is 4.79 Å². The Morgan fingerprint density at radius 3 is 3.14 bits per heavy atom. The number of esters is 1. The summed E-state index contributed by atoms with van der Waals surface area (Å²) in [6.07, 6.45) is 1.62. The maximum absolute atomic E-state index is 10.9. The Morgan fingerprint density at radius 2 is 2.57 bits per heavy atom. The normalized spacial score (nSPS) is 12.4. The average molecular weight is 215 g/mol. The molecule has 0 radical (unpaired) electrons. The van der Waals surface area contributed by atoms with E-state index < -0.39 is 6.04 Å². The summed E-state index contributed by atoms with van der Waals surface area (Å²) in [5, 5.41) is 0. The first kappa shape index (κ1) is 11.1. The van der Waals surface area contributed by atoms with Crippen LogP contribution in [0, 0.1) is 0 Å². The lowest BCUT2D eigenvalue weighted by molar-refractivity contribution is -0.141. The van der Waals surface area contributed by atoms with Crippen LogP contribution in [-0.2, 0) is 15.3 Å². The van der Waals surface area contributed by atoms with Gasteiger partial charge in [-0.1, -0.05) is 0 Å². The molecule has 0 spiro atoms. The van der Waals surface area contributed by atoms with Crippen LogP contribution in [0.15, 0.2) is 22.8 Å². The number of nitrogens with two attached hydrogens (primary N) is 1. The quantitative estimate of drug-likeness (QED) is 0.743. The minimum atomic E-state index is -0.556. The predicted octanol–water partition coefficient (Wildman–Crippen LogP) is 1.01. The predicted molar refractivity (Wildman–Crippen MR) is 54.9 cm³/mol. The van der Waals surface area contributed by atoms with Crippen molar-refractivity contribution in [3.05, 3.63) is 24.2 Å². The molecule has 0 saturated carbocycles. The molecule has 0 bridgehead atoms. The molecule has 14 heavy (non-hydrogen) atoms. The van der Waals surface area contributed by atoms with Crippen LogP contribution in [-0.4, -0.2) is 24.9 Å². The van der Waals surface area contributed by atoms with Gasteiger partial charge in [0.2, 0.25) is 0 Å². The van der Waals surface area contributed by atoms with Gasteiger partial charge in [-0.15, -0.1) is 0 Å². The fourth-order valence-corrected chi connectivity index (χ4v) is 1.77. The summed E-state index contributed by atoms with van der Waals surface area (Å²) in [7, 11) is 1.33. The number of furan rings is 1. The van der Waals surface area contributed by atoms with E-state index in [9.17, 15) is 4.79 Å². The summed E-state index contributed by atoms with van der Waals surface area (Å²) in [6, 6.07) is 3.16. The van der Waals surface area contributed by atoms with Gasteiger partial charge < -0.3 is 14.9 Å². The highest BCUT2D eigenvalue weighted by Crippen LogP contribution is 2.13. The molecule has 78 valence electrons. The Balaban J connectivity index is 2.18. The van der Waals surface area contributed by atoms with Crippen LogP contribution < -0.4 is 5.73 Å². The van der Waals surface area contributed by atoms with E-state index in [0.29, 0.717) is 5.75 Å². The highest BCUT2D eigenvalue weighted by atomic mass is 32.2. The molecule has 1 unspecified atom stereocenters. The molecule has 5 heteroatoms. The van der Waals surface area contributed by atoms with Crippen molar-refractivity contribution in [1.82, 2.24) is 0 Å². The molecule has 1 aromatic heterocycles. The van der Waals surface area contributed by atoms with Crippen molar-refractivity contribution in [3.8, 4) is 0 Å². The lowest BCUT2D eigenvalue weighted by Gasteiger charge is -2.07. The van der Waals surface area contributed by atoms with Crippen LogP contribution in [0.25, 0.3) is 0 Å². The van der Waals surface area contributed by atoms with E-state index in [0.717, 1.165) is 11.5 Å². The summed E-state index contributed by atoms with van der Waals surface area (Å²) in [6.45, 7) is 0. The van der Waals surface area contributed by atoms with Crippen LogP contribution in [0.4, 0.5) is 0 Å². The Bertz CT molecular complexity index is 274. The first-order chi connectivity index (χ1) is 6.74. The Kier molecular flexibility index (Phi) is 4.55. The van der Waals surface area contributed by atoms with Crippen LogP contribution in [0.5, 0.6) is 0 Å². The van der Waals surface area contributed by atoms with E-state index in [4.69, 9.17) is 10.2 Å². The number of thioether (sulfide) groups is 1. The lowest BCUT2D eigenvalue weighted by atomic mass is 10.4. The third kappa shape index (κ3) is 3.43. The fourth-order valence-electron chi connectivity index (χ4n) is 0.901. The lowest BCUT2D eigenvalue weighted by Crippen LogP contribution is -2.33. The number of ether oxygens (including phenoxy) is 1. The minimum absolute atomic E-state index is 0.378. The molecule has 4 nitrogen and oxygen atoms in total. The van der Waals surface area contributed by atoms with E-state index in [-0.39, 0.29) is 5.97 Å². The highest BCUT2D eigenvalue weighted by Gasteiger charge is 2.13. The smallest absolute Gasteiger partial charge is 0.323 e. The standard InChI is InChI=1S/C9H13NO3S/c1-12-9(11)8(10)6-14-5-7-3-2-4-13-7/h2-4,8H,5-6,10H2,1H3. The first-order valence-corrected chi connectivity index (χ1v) is 5.33. The highest BCUT2D eigenvalue weighted by molar-refractivity contribution is 7.98. The van der Waals surface area contributed by atoms with Crippen molar-refractivity contribution in [2.45, 2.75) is 11.8 Å². The van der Waals surface area contributed by atoms with Gasteiger partial charge in [0.05, 0.1) is 19.1 Å². The zero-order valence-electron chi connectivity index (χ0n) is 7.93. The molecule has 1 rings (SSSR count). The maximum Gasteiger partial charge on any atom is 0.323 e. The summed E-state index contributed by atoms with van der Waals surface area (Å²) >= 11 is 1.54. The van der Waals surface area contributed by atoms with Crippen LogP contribution in [0.3, 0.4) is 0 Å². The summed E-state index contributed by atoms with van der Waals surface area (Å²) in [4.78, 5) is 10.9. The molecule has 0 saturated heterocycles. The summed E-state index contributed by atoms with van der Waals surface area (Å²) in [5.74, 6) is 1.76. The Hall–Kier alpha value is -0.940. The molecular weight excluding hydrogens is 202 g/mol. The SMILES string of the molecule is COC(=O)C(N)CSCc1ccco1. The second-order valence-electron chi connectivity index (χ2n) is 2.72. The van der Waals surface area contributed by atoms with Crippen molar-refractivity contribution in [2.75, 3.05) is 12.9 Å². The van der Waals surface area contributed by atoms with Crippen LogP contribution in [0.1, 0.15) is 5.76 Å². The molecule has 0 aliphatic heterocycles. The van der Waals surface area contributed by atoms with Crippen molar-refractivity contribution in [2.24, 2.45) is 5.73 Å². The summed E-state index contributed by atoms with van der Waals surface area (Å²) in [5.41, 5.74) is 5.54. The molecule has 0 aromatic carbocycles. The summed E-state index contributed by atoms with van der Waals surface area (Å²) < 4.78 is 9.62. The fraction of sp³-hybridized carbons (Fsp3) is 0.444. The second kappa shape index (κ2) is 5.72. The van der Waals surface area contributed by atoms with E-state index in [1.54, 1.807) is 18.0 Å². The van der Waals surface area contributed by atoms with Gasteiger partial charge in [0.1, 0.15) is 11.8 Å². The molecule has 1 atom stereocenters. The molecule has 1 aromatic rings. The van der Waals surface area contributed by atoms with E-state index in [1.807, 2.05) is 12.1 Å². The van der Waals surface area contributed by atoms with Crippen LogP contribution in [0.2, 0.25) is 0 Å². The van der Waals surface area contributed by atoms with Gasteiger partial charge >= 0.3 is 5.97 Å². The topological polar surface area (TPSA) is 65.5 Å². The first-order valence-electron chi connectivity index (χ1n) is 4.17. The number of rotatable bonds is 5. The van der Waals surface area contributed by atoms with Gasteiger partial charge in [-0.2, -0.15) is 11.8 Å². The van der Waals surface area contributed by atoms with Gasteiger partial charge in [-0.05, 0) is 12.1 Å². The van der Waals surface area contributed by atoms with Gasteiger partial charge in [0, 0.05) is 5.75 Å². The third-order valence-corrected chi connectivity index (χ3v) is 2.71. The number of hydrogen-bond donors (Lipinski definition) is 1. The molecule has 0 aliphatic carbocycles. The molecule has 2 N–H and O–H groups in total. The Labute approximate surface area is 86.8 Å². The number of carbonyl (C=O) groups is 1. The van der Waals surface area contributed by atoms with Gasteiger partial charge in [-0.25, -0.2) is 0 Å². The molecule has 0 aliphatic rings. The number of methoxy groups -OCH3 is 1. The molecule has 1 heterocycles. The molecule has 0 amide bonds. The average Bonchev–Trinajstić information content (AvgIpc) is 2.69. The monoisotopic (exact) mass is 215 g/mol. The molecular formula is C9H13NO3S. The van der Waals surface area contributed by atoms with Crippen LogP contribution >= 0.6 is 11.8 Å². The zero-order valence-corrected chi connectivity index (χ0v) is 8.75. The number of hydrogen-bond acceptors (Lipinski definition) is 5. The third-order valence-electron chi connectivity index (χ3n) is 1.63. The van der Waals surface area contributed by atoms with Crippen molar-refractivity contribution in [1.29, 1.82) is 0 Å².